The summed E-state index contributed by atoms with van der Waals surface area (Å²) in [5.41, 5.74) is 0.775. The van der Waals surface area contributed by atoms with E-state index in [1.54, 1.807) is 13.0 Å². The van der Waals surface area contributed by atoms with Crippen LogP contribution in [0.15, 0.2) is 18.2 Å². The van der Waals surface area contributed by atoms with Crippen LogP contribution in [0.5, 0.6) is 0 Å². The van der Waals surface area contributed by atoms with E-state index in [9.17, 15) is 9.18 Å². The van der Waals surface area contributed by atoms with E-state index in [1.807, 2.05) is 6.92 Å². The van der Waals surface area contributed by atoms with Crippen LogP contribution in [0.2, 0.25) is 0 Å². The van der Waals surface area contributed by atoms with Crippen molar-refractivity contribution in [3.63, 3.8) is 0 Å². The third kappa shape index (κ3) is 2.88. The van der Waals surface area contributed by atoms with Gasteiger partial charge in [0.1, 0.15) is 5.82 Å². The molecule has 0 aliphatic carbocycles. The lowest BCUT2D eigenvalue weighted by atomic mass is 9.90. The van der Waals surface area contributed by atoms with Crippen molar-refractivity contribution in [1.29, 1.82) is 0 Å². The second kappa shape index (κ2) is 5.06. The molecule has 98 valence electrons. The molecular weight excluding hydrogens is 231 g/mol. The summed E-state index contributed by atoms with van der Waals surface area (Å²) in [6, 6.07) is 4.56. The van der Waals surface area contributed by atoms with E-state index in [0.717, 1.165) is 31.4 Å². The number of anilines is 1. The van der Waals surface area contributed by atoms with Crippen molar-refractivity contribution in [1.82, 2.24) is 5.32 Å². The summed E-state index contributed by atoms with van der Waals surface area (Å²) in [5, 5.41) is 6.03. The molecule has 0 spiro atoms. The summed E-state index contributed by atoms with van der Waals surface area (Å²) in [5.74, 6) is -0.417. The van der Waals surface area contributed by atoms with Gasteiger partial charge in [0.15, 0.2) is 0 Å². The average molecular weight is 250 g/mol. The molecule has 18 heavy (non-hydrogen) atoms. The number of hydrogen-bond acceptors (Lipinski definition) is 2. The maximum Gasteiger partial charge on any atom is 0.244 e. The first-order valence-corrected chi connectivity index (χ1v) is 6.33. The average Bonchev–Trinajstić information content (AvgIpc) is 2.28. The number of benzene rings is 1. The quantitative estimate of drug-likeness (QED) is 0.847. The second-order valence-electron chi connectivity index (χ2n) is 5.19. The van der Waals surface area contributed by atoms with Crippen LogP contribution in [0.1, 0.15) is 31.7 Å². The van der Waals surface area contributed by atoms with E-state index < -0.39 is 5.54 Å². The number of hydrogen-bond donors (Lipinski definition) is 2. The molecule has 1 amide bonds. The molecule has 0 saturated carbocycles. The topological polar surface area (TPSA) is 41.1 Å². The number of halogens is 1. The number of aryl methyl sites for hydroxylation is 1. The highest BCUT2D eigenvalue weighted by atomic mass is 19.1. The van der Waals surface area contributed by atoms with Crippen LogP contribution in [0.4, 0.5) is 10.1 Å². The van der Waals surface area contributed by atoms with Crippen LogP contribution in [-0.2, 0) is 4.79 Å². The van der Waals surface area contributed by atoms with Crippen LogP contribution >= 0.6 is 0 Å². The Bertz CT molecular complexity index is 433. The van der Waals surface area contributed by atoms with Gasteiger partial charge in [0.05, 0.1) is 5.54 Å². The third-order valence-electron chi connectivity index (χ3n) is 3.42. The van der Waals surface area contributed by atoms with Crippen LogP contribution in [0, 0.1) is 12.7 Å². The smallest absolute Gasteiger partial charge is 0.244 e. The predicted molar refractivity (Wildman–Crippen MR) is 70.0 cm³/mol. The van der Waals surface area contributed by atoms with Crippen LogP contribution in [0.25, 0.3) is 0 Å². The molecule has 1 heterocycles. The minimum atomic E-state index is -0.543. The van der Waals surface area contributed by atoms with Crippen molar-refractivity contribution in [2.75, 3.05) is 11.9 Å². The Kier molecular flexibility index (Phi) is 3.66. The first-order valence-electron chi connectivity index (χ1n) is 6.33. The summed E-state index contributed by atoms with van der Waals surface area (Å²) >= 11 is 0. The Morgan fingerprint density at radius 1 is 1.39 bits per heavy atom. The van der Waals surface area contributed by atoms with Gasteiger partial charge < -0.3 is 10.6 Å². The summed E-state index contributed by atoms with van der Waals surface area (Å²) in [4.78, 5) is 12.2. The molecule has 0 aromatic heterocycles. The second-order valence-corrected chi connectivity index (χ2v) is 5.19. The van der Waals surface area contributed by atoms with Gasteiger partial charge in [-0.2, -0.15) is 0 Å². The fraction of sp³-hybridized carbons (Fsp3) is 0.500. The van der Waals surface area contributed by atoms with Gasteiger partial charge in [-0.05, 0) is 63.4 Å². The van der Waals surface area contributed by atoms with E-state index in [2.05, 4.69) is 10.6 Å². The highest BCUT2D eigenvalue weighted by Crippen LogP contribution is 2.21. The van der Waals surface area contributed by atoms with Crippen molar-refractivity contribution >= 4 is 11.6 Å². The van der Waals surface area contributed by atoms with Gasteiger partial charge in [0, 0.05) is 5.69 Å². The number of nitrogens with one attached hydrogen (secondary N) is 2. The third-order valence-corrected chi connectivity index (χ3v) is 3.42. The van der Waals surface area contributed by atoms with E-state index in [-0.39, 0.29) is 11.7 Å². The standard InChI is InChI=1S/C14H19FN2O/c1-10-7-11(15)9-12(8-10)17-13(18)14(2)5-3-4-6-16-14/h7-9,16H,3-6H2,1-2H3,(H,17,18). The van der Waals surface area contributed by atoms with Gasteiger partial charge >= 0.3 is 0 Å². The Balaban J connectivity index is 2.10. The molecule has 1 aliphatic rings. The summed E-state index contributed by atoms with van der Waals surface area (Å²) in [6.45, 7) is 4.55. The molecule has 1 unspecified atom stereocenters. The number of rotatable bonds is 2. The minimum absolute atomic E-state index is 0.0906. The maximum atomic E-state index is 13.2. The molecule has 1 saturated heterocycles. The molecule has 1 aliphatic heterocycles. The zero-order valence-electron chi connectivity index (χ0n) is 10.8. The normalized spacial score (nSPS) is 23.7. The summed E-state index contributed by atoms with van der Waals surface area (Å²) in [6.07, 6.45) is 2.95. The maximum absolute atomic E-state index is 13.2. The van der Waals surface area contributed by atoms with Crippen LogP contribution in [0.3, 0.4) is 0 Å². The van der Waals surface area contributed by atoms with Gasteiger partial charge in [-0.1, -0.05) is 0 Å². The molecule has 1 fully saturated rings. The Hall–Kier alpha value is -1.42. The highest BCUT2D eigenvalue weighted by molar-refractivity contribution is 5.97. The van der Waals surface area contributed by atoms with Crippen molar-refractivity contribution < 1.29 is 9.18 Å². The zero-order valence-corrected chi connectivity index (χ0v) is 10.8. The molecule has 0 bridgehead atoms. The number of piperidine rings is 1. The summed E-state index contributed by atoms with van der Waals surface area (Å²) < 4.78 is 13.2. The van der Waals surface area contributed by atoms with Crippen molar-refractivity contribution in [3.05, 3.63) is 29.6 Å². The van der Waals surface area contributed by atoms with E-state index in [1.165, 1.54) is 12.1 Å². The molecule has 0 radical (unpaired) electrons. The SMILES string of the molecule is Cc1cc(F)cc(NC(=O)C2(C)CCCCN2)c1. The largest absolute Gasteiger partial charge is 0.324 e. The number of carbonyl (C=O) groups is 1. The fourth-order valence-electron chi connectivity index (χ4n) is 2.33. The summed E-state index contributed by atoms with van der Waals surface area (Å²) in [7, 11) is 0. The predicted octanol–water partition coefficient (Wildman–Crippen LogP) is 2.60. The first-order chi connectivity index (χ1) is 8.49. The van der Waals surface area contributed by atoms with E-state index in [4.69, 9.17) is 0 Å². The van der Waals surface area contributed by atoms with Crippen molar-refractivity contribution in [3.8, 4) is 0 Å². The Labute approximate surface area is 107 Å². The van der Waals surface area contributed by atoms with Gasteiger partial charge in [-0.3, -0.25) is 4.79 Å². The van der Waals surface area contributed by atoms with E-state index in [0.29, 0.717) is 5.69 Å². The molecule has 1 aromatic carbocycles. The molecule has 2 N–H and O–H groups in total. The lowest BCUT2D eigenvalue weighted by Crippen LogP contribution is -2.54. The van der Waals surface area contributed by atoms with Crippen molar-refractivity contribution in [2.45, 2.75) is 38.6 Å². The molecule has 4 heteroatoms. The van der Waals surface area contributed by atoms with Gasteiger partial charge in [-0.25, -0.2) is 4.39 Å². The highest BCUT2D eigenvalue weighted by Gasteiger charge is 2.34. The number of carbonyl (C=O) groups excluding carboxylic acids is 1. The first kappa shape index (κ1) is 13.0. The molecule has 1 aromatic rings. The number of amides is 1. The van der Waals surface area contributed by atoms with E-state index >= 15 is 0 Å². The monoisotopic (exact) mass is 250 g/mol. The van der Waals surface area contributed by atoms with Crippen molar-refractivity contribution in [2.24, 2.45) is 0 Å². The minimum Gasteiger partial charge on any atom is -0.324 e. The molecule has 1 atom stereocenters. The van der Waals surface area contributed by atoms with Gasteiger partial charge in [-0.15, -0.1) is 0 Å². The fourth-order valence-corrected chi connectivity index (χ4v) is 2.33. The Morgan fingerprint density at radius 3 is 2.78 bits per heavy atom. The molecule has 2 rings (SSSR count). The van der Waals surface area contributed by atoms with Gasteiger partial charge in [0.25, 0.3) is 0 Å². The van der Waals surface area contributed by atoms with Crippen LogP contribution < -0.4 is 10.6 Å². The molecule has 3 nitrogen and oxygen atoms in total. The van der Waals surface area contributed by atoms with Crippen LogP contribution in [-0.4, -0.2) is 18.0 Å². The molecular formula is C14H19FN2O. The lowest BCUT2D eigenvalue weighted by Gasteiger charge is -2.33. The Morgan fingerprint density at radius 2 is 2.17 bits per heavy atom. The zero-order chi connectivity index (χ0) is 13.2. The van der Waals surface area contributed by atoms with Gasteiger partial charge in [0.2, 0.25) is 5.91 Å². The lowest BCUT2D eigenvalue weighted by molar-refractivity contribution is -0.122.